The lowest BCUT2D eigenvalue weighted by Crippen LogP contribution is -2.23. The fourth-order valence-corrected chi connectivity index (χ4v) is 1.57. The molecule has 0 bridgehead atoms. The molecule has 0 aliphatic heterocycles. The van der Waals surface area contributed by atoms with Gasteiger partial charge in [0, 0.05) is 12.4 Å². The van der Waals surface area contributed by atoms with E-state index in [1.807, 2.05) is 13.0 Å². The van der Waals surface area contributed by atoms with Crippen molar-refractivity contribution in [2.45, 2.75) is 13.5 Å². The largest absolute Gasteiger partial charge is 0.347 e. The van der Waals surface area contributed by atoms with E-state index >= 15 is 0 Å². The van der Waals surface area contributed by atoms with Crippen molar-refractivity contribution in [1.82, 2.24) is 14.5 Å². The SMILES string of the molecule is Cc1cnc(=O)n(Cc2cccc(Cl)n2)c1. The highest BCUT2D eigenvalue weighted by molar-refractivity contribution is 6.29. The molecule has 2 aromatic heterocycles. The van der Waals surface area contributed by atoms with Gasteiger partial charge in [0.1, 0.15) is 5.15 Å². The molecule has 0 saturated heterocycles. The van der Waals surface area contributed by atoms with E-state index in [0.29, 0.717) is 11.7 Å². The molecule has 0 amide bonds. The maximum absolute atomic E-state index is 11.5. The van der Waals surface area contributed by atoms with Gasteiger partial charge in [-0.3, -0.25) is 4.57 Å². The van der Waals surface area contributed by atoms with Crippen LogP contribution in [0.25, 0.3) is 0 Å². The Labute approximate surface area is 97.6 Å². The lowest BCUT2D eigenvalue weighted by atomic mass is 10.3. The zero-order chi connectivity index (χ0) is 11.5. The Morgan fingerprint density at radius 3 is 3.00 bits per heavy atom. The van der Waals surface area contributed by atoms with Crippen LogP contribution in [0.2, 0.25) is 5.15 Å². The standard InChI is InChI=1S/C11H10ClN3O/c1-8-5-13-11(16)15(6-8)7-9-3-2-4-10(12)14-9/h2-6H,7H2,1H3. The van der Waals surface area contributed by atoms with Gasteiger partial charge in [-0.15, -0.1) is 0 Å². The van der Waals surface area contributed by atoms with Crippen molar-refractivity contribution in [2.24, 2.45) is 0 Å². The van der Waals surface area contributed by atoms with E-state index in [1.165, 1.54) is 4.57 Å². The average Bonchev–Trinajstić information content (AvgIpc) is 2.24. The summed E-state index contributed by atoms with van der Waals surface area (Å²) in [7, 11) is 0. The Kier molecular flexibility index (Phi) is 3.01. The second kappa shape index (κ2) is 4.45. The van der Waals surface area contributed by atoms with E-state index in [1.54, 1.807) is 24.5 Å². The molecule has 0 spiro atoms. The van der Waals surface area contributed by atoms with E-state index < -0.39 is 0 Å². The summed E-state index contributed by atoms with van der Waals surface area (Å²) in [4.78, 5) is 19.3. The van der Waals surface area contributed by atoms with Crippen LogP contribution in [0.3, 0.4) is 0 Å². The second-order valence-electron chi connectivity index (χ2n) is 3.49. The predicted octanol–water partition coefficient (Wildman–Crippen LogP) is 1.65. The van der Waals surface area contributed by atoms with Crippen molar-refractivity contribution in [3.8, 4) is 0 Å². The smallest absolute Gasteiger partial charge is 0.293 e. The van der Waals surface area contributed by atoms with Crippen LogP contribution >= 0.6 is 11.6 Å². The molecule has 0 fully saturated rings. The van der Waals surface area contributed by atoms with Gasteiger partial charge in [0.2, 0.25) is 0 Å². The molecule has 0 N–H and O–H groups in total. The third-order valence-electron chi connectivity index (χ3n) is 2.09. The average molecular weight is 236 g/mol. The number of aryl methyl sites for hydroxylation is 1. The van der Waals surface area contributed by atoms with Crippen molar-refractivity contribution < 1.29 is 0 Å². The van der Waals surface area contributed by atoms with E-state index in [2.05, 4.69) is 9.97 Å². The van der Waals surface area contributed by atoms with E-state index in [-0.39, 0.29) is 5.69 Å². The van der Waals surface area contributed by atoms with Crippen LogP contribution in [-0.2, 0) is 6.54 Å². The maximum atomic E-state index is 11.5. The van der Waals surface area contributed by atoms with Crippen molar-refractivity contribution in [2.75, 3.05) is 0 Å². The number of hydrogen-bond acceptors (Lipinski definition) is 3. The molecule has 0 unspecified atom stereocenters. The summed E-state index contributed by atoms with van der Waals surface area (Å²) >= 11 is 5.77. The van der Waals surface area contributed by atoms with E-state index in [9.17, 15) is 4.79 Å². The molecule has 0 atom stereocenters. The highest BCUT2D eigenvalue weighted by Gasteiger charge is 2.01. The monoisotopic (exact) mass is 235 g/mol. The van der Waals surface area contributed by atoms with Crippen LogP contribution in [0.15, 0.2) is 35.4 Å². The number of pyridine rings is 1. The summed E-state index contributed by atoms with van der Waals surface area (Å²) in [5.41, 5.74) is 1.39. The van der Waals surface area contributed by atoms with Gasteiger partial charge in [-0.2, -0.15) is 0 Å². The van der Waals surface area contributed by atoms with Gasteiger partial charge in [-0.05, 0) is 24.6 Å². The summed E-state index contributed by atoms with van der Waals surface area (Å²) < 4.78 is 1.51. The number of aromatic nitrogens is 3. The topological polar surface area (TPSA) is 47.8 Å². The molecule has 0 aliphatic carbocycles. The van der Waals surface area contributed by atoms with Gasteiger partial charge < -0.3 is 0 Å². The van der Waals surface area contributed by atoms with Gasteiger partial charge >= 0.3 is 5.69 Å². The summed E-state index contributed by atoms with van der Waals surface area (Å²) in [5.74, 6) is 0. The van der Waals surface area contributed by atoms with E-state index in [4.69, 9.17) is 11.6 Å². The van der Waals surface area contributed by atoms with Crippen LogP contribution in [0.5, 0.6) is 0 Å². The maximum Gasteiger partial charge on any atom is 0.347 e. The molecule has 0 aromatic carbocycles. The Bertz CT molecular complexity index is 565. The van der Waals surface area contributed by atoms with Gasteiger partial charge in [0.15, 0.2) is 0 Å². The van der Waals surface area contributed by atoms with Crippen LogP contribution in [0.1, 0.15) is 11.3 Å². The Morgan fingerprint density at radius 2 is 2.25 bits per heavy atom. The molecule has 16 heavy (non-hydrogen) atoms. The Hall–Kier alpha value is -1.68. The first-order valence-corrected chi connectivity index (χ1v) is 5.17. The van der Waals surface area contributed by atoms with Gasteiger partial charge in [0.25, 0.3) is 0 Å². The van der Waals surface area contributed by atoms with Crippen molar-refractivity contribution in [3.63, 3.8) is 0 Å². The lowest BCUT2D eigenvalue weighted by Gasteiger charge is -2.05. The minimum atomic E-state index is -0.285. The first-order valence-electron chi connectivity index (χ1n) is 4.80. The van der Waals surface area contributed by atoms with Crippen LogP contribution < -0.4 is 5.69 Å². The fraction of sp³-hybridized carbons (Fsp3) is 0.182. The molecule has 4 nitrogen and oxygen atoms in total. The number of nitrogens with zero attached hydrogens (tertiary/aromatic N) is 3. The lowest BCUT2D eigenvalue weighted by molar-refractivity contribution is 0.705. The molecule has 2 aromatic rings. The quantitative estimate of drug-likeness (QED) is 0.744. The molecule has 2 heterocycles. The third kappa shape index (κ3) is 2.46. The molecule has 0 saturated carbocycles. The minimum Gasteiger partial charge on any atom is -0.293 e. The van der Waals surface area contributed by atoms with Gasteiger partial charge in [0.05, 0.1) is 12.2 Å². The number of hydrogen-bond donors (Lipinski definition) is 0. The normalized spacial score (nSPS) is 10.4. The van der Waals surface area contributed by atoms with Crippen molar-refractivity contribution in [1.29, 1.82) is 0 Å². The van der Waals surface area contributed by atoms with Crippen LogP contribution in [0, 0.1) is 6.92 Å². The fourth-order valence-electron chi connectivity index (χ4n) is 1.39. The van der Waals surface area contributed by atoms with Crippen LogP contribution in [-0.4, -0.2) is 14.5 Å². The molecular formula is C11H10ClN3O. The first kappa shape index (κ1) is 10.8. The summed E-state index contributed by atoms with van der Waals surface area (Å²) in [6, 6.07) is 5.32. The van der Waals surface area contributed by atoms with Crippen molar-refractivity contribution >= 4 is 11.6 Å². The zero-order valence-electron chi connectivity index (χ0n) is 8.72. The molecule has 0 aliphatic rings. The number of halogens is 1. The molecule has 2 rings (SSSR count). The first-order chi connectivity index (χ1) is 7.65. The number of rotatable bonds is 2. The summed E-state index contributed by atoms with van der Waals surface area (Å²) in [6.07, 6.45) is 3.29. The Morgan fingerprint density at radius 1 is 1.44 bits per heavy atom. The second-order valence-corrected chi connectivity index (χ2v) is 3.88. The highest BCUT2D eigenvalue weighted by Crippen LogP contribution is 2.05. The highest BCUT2D eigenvalue weighted by atomic mass is 35.5. The summed E-state index contributed by atoms with van der Waals surface area (Å²) in [6.45, 7) is 2.27. The zero-order valence-corrected chi connectivity index (χ0v) is 9.48. The van der Waals surface area contributed by atoms with Gasteiger partial charge in [-0.1, -0.05) is 17.7 Å². The molecule has 82 valence electrons. The molecular weight excluding hydrogens is 226 g/mol. The van der Waals surface area contributed by atoms with Gasteiger partial charge in [-0.25, -0.2) is 14.8 Å². The molecule has 5 heteroatoms. The minimum absolute atomic E-state index is 0.285. The molecule has 0 radical (unpaired) electrons. The Balaban J connectivity index is 2.34. The van der Waals surface area contributed by atoms with E-state index in [0.717, 1.165) is 11.3 Å². The summed E-state index contributed by atoms with van der Waals surface area (Å²) in [5, 5.41) is 0.422. The third-order valence-corrected chi connectivity index (χ3v) is 2.30. The predicted molar refractivity (Wildman–Crippen MR) is 61.6 cm³/mol. The van der Waals surface area contributed by atoms with Crippen LogP contribution in [0.4, 0.5) is 0 Å². The van der Waals surface area contributed by atoms with Crippen molar-refractivity contribution in [3.05, 3.63) is 57.5 Å².